The van der Waals surface area contributed by atoms with Crippen LogP contribution in [0.4, 0.5) is 11.4 Å². The number of nitrogens with one attached hydrogen (secondary N) is 1. The van der Waals surface area contributed by atoms with Crippen LogP contribution in [0.2, 0.25) is 0 Å². The summed E-state index contributed by atoms with van der Waals surface area (Å²) in [5.41, 5.74) is -0.314. The average molecular weight is 450 g/mol. The number of carboxylic acid groups (broad SMARTS) is 1. The zero-order chi connectivity index (χ0) is 22.1. The first kappa shape index (κ1) is 21.2. The molecule has 1 atom stereocenters. The number of hydrogen-bond acceptors (Lipinski definition) is 7. The predicted molar refractivity (Wildman–Crippen MR) is 108 cm³/mol. The molecule has 0 bridgehead atoms. The Kier molecular flexibility index (Phi) is 5.71. The Balaban J connectivity index is 2.10. The first-order chi connectivity index (χ1) is 14.1. The number of aromatic hydroxyl groups is 1. The number of non-ortho nitro benzene ring substituents is 1. The molecule has 0 saturated carbocycles. The third-order valence-corrected chi connectivity index (χ3v) is 6.78. The van der Waals surface area contributed by atoms with Gasteiger partial charge in [0, 0.05) is 22.9 Å². The molecule has 3 aromatic carbocycles. The van der Waals surface area contributed by atoms with E-state index in [1.807, 2.05) is 0 Å². The second kappa shape index (κ2) is 8.08. The van der Waals surface area contributed by atoms with Crippen LogP contribution in [-0.4, -0.2) is 39.5 Å². The summed E-state index contributed by atoms with van der Waals surface area (Å²) in [5.74, 6) is -2.54. The number of benzene rings is 3. The van der Waals surface area contributed by atoms with Crippen molar-refractivity contribution in [1.82, 2.24) is 0 Å². The lowest BCUT2D eigenvalue weighted by Crippen LogP contribution is -2.14. The number of rotatable bonds is 7. The van der Waals surface area contributed by atoms with Crippen LogP contribution in [0.1, 0.15) is 0 Å². The SMILES string of the molecule is O=C(O)CS(=O)c1cc(NS(=O)(=O)c2ccc([N+](=O)[O-])cc2)c2ccccc2c1O. The molecule has 3 rings (SSSR count). The molecule has 0 fully saturated rings. The number of sulfonamides is 1. The van der Waals surface area contributed by atoms with Crippen LogP contribution in [-0.2, 0) is 25.6 Å². The maximum Gasteiger partial charge on any atom is 0.316 e. The largest absolute Gasteiger partial charge is 0.506 e. The summed E-state index contributed by atoms with van der Waals surface area (Å²) in [6, 6.07) is 11.5. The van der Waals surface area contributed by atoms with Gasteiger partial charge in [0.25, 0.3) is 15.7 Å². The van der Waals surface area contributed by atoms with Crippen molar-refractivity contribution in [2.45, 2.75) is 9.79 Å². The Labute approximate surface area is 172 Å². The Morgan fingerprint density at radius 2 is 1.70 bits per heavy atom. The second-order valence-corrected chi connectivity index (χ2v) is 9.16. The van der Waals surface area contributed by atoms with Gasteiger partial charge in [-0.1, -0.05) is 24.3 Å². The van der Waals surface area contributed by atoms with Gasteiger partial charge in [0.15, 0.2) is 0 Å². The zero-order valence-electron chi connectivity index (χ0n) is 15.0. The van der Waals surface area contributed by atoms with Gasteiger partial charge in [0.2, 0.25) is 0 Å². The van der Waals surface area contributed by atoms with Gasteiger partial charge in [-0.15, -0.1) is 0 Å². The van der Waals surface area contributed by atoms with E-state index in [9.17, 15) is 32.6 Å². The molecule has 0 aliphatic rings. The van der Waals surface area contributed by atoms with E-state index in [1.165, 1.54) is 12.1 Å². The lowest BCUT2D eigenvalue weighted by atomic mass is 10.1. The first-order valence-electron chi connectivity index (χ1n) is 8.22. The van der Waals surface area contributed by atoms with Crippen LogP contribution in [0, 0.1) is 10.1 Å². The molecular formula is C18H14N2O8S2. The number of nitro groups is 1. The summed E-state index contributed by atoms with van der Waals surface area (Å²) in [4.78, 5) is 20.5. The molecule has 10 nitrogen and oxygen atoms in total. The van der Waals surface area contributed by atoms with Gasteiger partial charge in [0.05, 0.1) is 31.2 Å². The monoisotopic (exact) mass is 450 g/mol. The van der Waals surface area contributed by atoms with E-state index in [-0.39, 0.29) is 31.9 Å². The number of nitro benzene ring substituents is 1. The number of aliphatic carboxylic acids is 1. The molecule has 1 unspecified atom stereocenters. The molecule has 0 spiro atoms. The Morgan fingerprint density at radius 3 is 2.27 bits per heavy atom. The maximum atomic E-state index is 12.8. The van der Waals surface area contributed by atoms with Crippen molar-refractivity contribution in [3.8, 4) is 5.75 Å². The fraction of sp³-hybridized carbons (Fsp3) is 0.0556. The van der Waals surface area contributed by atoms with E-state index in [1.54, 1.807) is 12.1 Å². The smallest absolute Gasteiger partial charge is 0.316 e. The normalized spacial score (nSPS) is 12.4. The molecule has 0 heterocycles. The van der Waals surface area contributed by atoms with Crippen molar-refractivity contribution in [3.63, 3.8) is 0 Å². The number of carboxylic acids is 1. The lowest BCUT2D eigenvalue weighted by Gasteiger charge is -2.14. The fourth-order valence-corrected chi connectivity index (χ4v) is 4.76. The van der Waals surface area contributed by atoms with Crippen molar-refractivity contribution in [1.29, 1.82) is 0 Å². The minimum atomic E-state index is -4.20. The Morgan fingerprint density at radius 1 is 1.10 bits per heavy atom. The molecule has 0 saturated heterocycles. The van der Waals surface area contributed by atoms with Crippen LogP contribution in [0.25, 0.3) is 10.8 Å². The van der Waals surface area contributed by atoms with E-state index in [2.05, 4.69) is 4.72 Å². The minimum Gasteiger partial charge on any atom is -0.506 e. The summed E-state index contributed by atoms with van der Waals surface area (Å²) < 4.78 is 40.2. The number of anilines is 1. The summed E-state index contributed by atoms with van der Waals surface area (Å²) in [6.45, 7) is 0. The highest BCUT2D eigenvalue weighted by Gasteiger charge is 2.22. The molecule has 156 valence electrons. The minimum absolute atomic E-state index is 0.0320. The molecule has 12 heteroatoms. The third-order valence-electron chi connectivity index (χ3n) is 4.08. The van der Waals surface area contributed by atoms with Gasteiger partial charge >= 0.3 is 5.97 Å². The Hall–Kier alpha value is -3.51. The van der Waals surface area contributed by atoms with E-state index >= 15 is 0 Å². The highest BCUT2D eigenvalue weighted by Crippen LogP contribution is 2.37. The van der Waals surface area contributed by atoms with Gasteiger partial charge in [0.1, 0.15) is 11.5 Å². The van der Waals surface area contributed by atoms with Gasteiger partial charge in [-0.3, -0.25) is 23.8 Å². The first-order valence-corrected chi connectivity index (χ1v) is 11.0. The second-order valence-electron chi connectivity index (χ2n) is 6.06. The zero-order valence-corrected chi connectivity index (χ0v) is 16.6. The third kappa shape index (κ3) is 4.23. The van der Waals surface area contributed by atoms with E-state index in [4.69, 9.17) is 5.11 Å². The van der Waals surface area contributed by atoms with Crippen LogP contribution in [0.5, 0.6) is 5.75 Å². The van der Waals surface area contributed by atoms with Gasteiger partial charge < -0.3 is 10.2 Å². The number of carbonyl (C=O) groups is 1. The van der Waals surface area contributed by atoms with Crippen LogP contribution in [0.15, 0.2) is 64.4 Å². The summed E-state index contributed by atoms with van der Waals surface area (Å²) >= 11 is 0. The van der Waals surface area contributed by atoms with Gasteiger partial charge in [-0.2, -0.15) is 0 Å². The van der Waals surface area contributed by atoms with Gasteiger partial charge in [-0.05, 0) is 18.2 Å². The van der Waals surface area contributed by atoms with Crippen LogP contribution >= 0.6 is 0 Å². The number of nitrogens with zero attached hydrogens (tertiary/aromatic N) is 1. The molecule has 30 heavy (non-hydrogen) atoms. The molecule has 0 aromatic heterocycles. The number of phenolic OH excluding ortho intramolecular Hbond substituents is 1. The predicted octanol–water partition coefficient (Wildman–Crippen LogP) is 2.45. The molecule has 0 amide bonds. The van der Waals surface area contributed by atoms with Crippen molar-refractivity contribution in [2.75, 3.05) is 10.5 Å². The van der Waals surface area contributed by atoms with E-state index in [0.29, 0.717) is 0 Å². The molecule has 3 aromatic rings. The highest BCUT2D eigenvalue weighted by molar-refractivity contribution is 7.92. The van der Waals surface area contributed by atoms with Crippen molar-refractivity contribution >= 4 is 48.9 Å². The summed E-state index contributed by atoms with van der Waals surface area (Å²) in [6.07, 6.45) is 0. The number of hydrogen-bond donors (Lipinski definition) is 3. The van der Waals surface area contributed by atoms with Crippen molar-refractivity contribution in [2.24, 2.45) is 0 Å². The summed E-state index contributed by atoms with van der Waals surface area (Å²) in [7, 11) is -6.33. The average Bonchev–Trinajstić information content (AvgIpc) is 2.69. The molecule has 0 aliphatic carbocycles. The standard InChI is InChI=1S/C18H14N2O8S2/c21-17(22)10-29(26)16-9-15(13-3-1-2-4-14(13)18(16)23)19-30(27,28)12-7-5-11(6-8-12)20(24)25/h1-9,19,23H,10H2,(H,21,22). The fourth-order valence-electron chi connectivity index (χ4n) is 2.73. The summed E-state index contributed by atoms with van der Waals surface area (Å²) in [5, 5.41) is 30.5. The van der Waals surface area contributed by atoms with Crippen LogP contribution in [0.3, 0.4) is 0 Å². The number of fused-ring (bicyclic) bond motifs is 1. The maximum absolute atomic E-state index is 12.8. The van der Waals surface area contributed by atoms with Crippen molar-refractivity contribution in [3.05, 3.63) is 64.7 Å². The topological polar surface area (TPSA) is 164 Å². The van der Waals surface area contributed by atoms with Crippen LogP contribution < -0.4 is 4.72 Å². The molecule has 3 N–H and O–H groups in total. The number of phenols is 1. The van der Waals surface area contributed by atoms with E-state index in [0.717, 1.165) is 30.3 Å². The van der Waals surface area contributed by atoms with Crippen molar-refractivity contribution < 1.29 is 32.6 Å². The van der Waals surface area contributed by atoms with E-state index < -0.39 is 43.2 Å². The molecule has 0 aliphatic heterocycles. The molecular weight excluding hydrogens is 436 g/mol. The molecule has 0 radical (unpaired) electrons. The van der Waals surface area contributed by atoms with Gasteiger partial charge in [-0.25, -0.2) is 8.42 Å². The highest BCUT2D eigenvalue weighted by atomic mass is 32.2. The Bertz CT molecular complexity index is 1290. The lowest BCUT2D eigenvalue weighted by molar-refractivity contribution is -0.384. The quantitative estimate of drug-likeness (QED) is 0.281.